The summed E-state index contributed by atoms with van der Waals surface area (Å²) in [5.41, 5.74) is 6.20. The molecule has 0 unspecified atom stereocenters. The maximum atomic E-state index is 5.60. The molecule has 4 nitrogen and oxygen atoms in total. The van der Waals surface area contributed by atoms with E-state index in [0.717, 1.165) is 30.0 Å². The Kier molecular flexibility index (Phi) is 6.05. The van der Waals surface area contributed by atoms with Gasteiger partial charge in [-0.3, -0.25) is 4.98 Å². The zero-order valence-electron chi connectivity index (χ0n) is 18.2. The van der Waals surface area contributed by atoms with Crippen LogP contribution in [-0.2, 0) is 6.42 Å². The van der Waals surface area contributed by atoms with E-state index in [4.69, 9.17) is 14.5 Å². The lowest BCUT2D eigenvalue weighted by Crippen LogP contribution is -2.34. The molecule has 0 fully saturated rings. The number of nitrogens with zero attached hydrogens (tertiary/aromatic N) is 1. The molecule has 0 amide bonds. The molecule has 0 saturated heterocycles. The van der Waals surface area contributed by atoms with Crippen molar-refractivity contribution < 1.29 is 9.47 Å². The van der Waals surface area contributed by atoms with Gasteiger partial charge in [-0.25, -0.2) is 0 Å². The number of aryl methyl sites for hydroxylation is 1. The van der Waals surface area contributed by atoms with Crippen molar-refractivity contribution in [2.24, 2.45) is 0 Å². The first-order chi connectivity index (χ1) is 14.6. The summed E-state index contributed by atoms with van der Waals surface area (Å²) < 4.78 is 11.2. The Labute approximate surface area is 179 Å². The predicted octanol–water partition coefficient (Wildman–Crippen LogP) is 5.53. The zero-order chi connectivity index (χ0) is 21.1. The number of fused-ring (bicyclic) bond motifs is 1. The van der Waals surface area contributed by atoms with Gasteiger partial charge in [0.2, 0.25) is 0 Å². The van der Waals surface area contributed by atoms with Gasteiger partial charge in [0.05, 0.1) is 26.0 Å². The quantitative estimate of drug-likeness (QED) is 0.589. The summed E-state index contributed by atoms with van der Waals surface area (Å²) in [5, 5.41) is 3.88. The van der Waals surface area contributed by atoms with Crippen LogP contribution in [0.1, 0.15) is 59.3 Å². The molecule has 0 spiro atoms. The topological polar surface area (TPSA) is 43.4 Å². The van der Waals surface area contributed by atoms with E-state index in [-0.39, 0.29) is 12.1 Å². The molecule has 0 bridgehead atoms. The third kappa shape index (κ3) is 4.19. The number of nitrogens with one attached hydrogen (secondary N) is 1. The molecule has 0 saturated carbocycles. The highest BCUT2D eigenvalue weighted by atomic mass is 16.5. The smallest absolute Gasteiger partial charge is 0.161 e. The second-order valence-corrected chi connectivity index (χ2v) is 8.19. The third-order valence-corrected chi connectivity index (χ3v) is 6.10. The zero-order valence-corrected chi connectivity index (χ0v) is 18.2. The number of ether oxygens (including phenoxy) is 2. The standard InChI is InChI=1S/C26H30N2O2/c1-17-10-11-22(27-16-17)24-13-20-14-25(29-3)26(30-4)15-21(20)23(28-24)12-18(2)19-8-6-5-7-9-19/h5-11,14-16,18,23-24,28H,12-13H2,1-4H3/t18-,23-,24-/m1/s1. The summed E-state index contributed by atoms with van der Waals surface area (Å²) in [7, 11) is 3.39. The van der Waals surface area contributed by atoms with Crippen LogP contribution in [0.3, 0.4) is 0 Å². The summed E-state index contributed by atoms with van der Waals surface area (Å²) in [6, 6.07) is 19.6. The molecule has 1 N–H and O–H groups in total. The molecule has 3 aromatic rings. The van der Waals surface area contributed by atoms with Crippen LogP contribution < -0.4 is 14.8 Å². The van der Waals surface area contributed by atoms with E-state index in [1.807, 2.05) is 6.20 Å². The molecule has 1 aliphatic heterocycles. The van der Waals surface area contributed by atoms with Crippen LogP contribution in [0.25, 0.3) is 0 Å². The number of benzene rings is 2. The van der Waals surface area contributed by atoms with Gasteiger partial charge < -0.3 is 14.8 Å². The Hall–Kier alpha value is -2.85. The van der Waals surface area contributed by atoms with Crippen LogP contribution in [0.15, 0.2) is 60.8 Å². The molecule has 156 valence electrons. The Morgan fingerprint density at radius 2 is 1.77 bits per heavy atom. The average molecular weight is 403 g/mol. The maximum Gasteiger partial charge on any atom is 0.161 e. The number of aromatic nitrogens is 1. The summed E-state index contributed by atoms with van der Waals surface area (Å²) in [6.07, 6.45) is 3.82. The number of pyridine rings is 1. The summed E-state index contributed by atoms with van der Waals surface area (Å²) in [6.45, 7) is 4.37. The largest absolute Gasteiger partial charge is 0.493 e. The van der Waals surface area contributed by atoms with E-state index in [2.05, 4.69) is 73.8 Å². The Bertz CT molecular complexity index is 986. The van der Waals surface area contributed by atoms with Gasteiger partial charge in [-0.1, -0.05) is 43.3 Å². The van der Waals surface area contributed by atoms with Crippen molar-refractivity contribution >= 4 is 0 Å². The van der Waals surface area contributed by atoms with Crippen LogP contribution >= 0.6 is 0 Å². The average Bonchev–Trinajstić information content (AvgIpc) is 2.79. The van der Waals surface area contributed by atoms with Crippen molar-refractivity contribution in [2.75, 3.05) is 14.2 Å². The molecule has 2 aromatic carbocycles. The fourth-order valence-electron chi connectivity index (χ4n) is 4.39. The molecule has 0 aliphatic carbocycles. The monoisotopic (exact) mass is 402 g/mol. The molecule has 4 rings (SSSR count). The SMILES string of the molecule is COc1cc2c(cc1OC)[C@@H](C[C@@H](C)c1ccccc1)N[C@@H](c1ccc(C)cn1)C2. The van der Waals surface area contributed by atoms with E-state index >= 15 is 0 Å². The van der Waals surface area contributed by atoms with Crippen LogP contribution in [0.5, 0.6) is 11.5 Å². The summed E-state index contributed by atoms with van der Waals surface area (Å²) in [4.78, 5) is 4.70. The van der Waals surface area contributed by atoms with Crippen molar-refractivity contribution in [2.45, 2.75) is 44.7 Å². The van der Waals surface area contributed by atoms with E-state index in [1.165, 1.54) is 22.3 Å². The van der Waals surface area contributed by atoms with Crippen molar-refractivity contribution in [3.05, 3.63) is 88.7 Å². The fraction of sp³-hybridized carbons (Fsp3) is 0.346. The number of hydrogen-bond acceptors (Lipinski definition) is 4. The van der Waals surface area contributed by atoms with Crippen LogP contribution in [0.2, 0.25) is 0 Å². The lowest BCUT2D eigenvalue weighted by Gasteiger charge is -2.35. The molecular formula is C26H30N2O2. The van der Waals surface area contributed by atoms with Crippen molar-refractivity contribution in [3.8, 4) is 11.5 Å². The van der Waals surface area contributed by atoms with Gasteiger partial charge in [-0.15, -0.1) is 0 Å². The van der Waals surface area contributed by atoms with Gasteiger partial charge in [0.1, 0.15) is 0 Å². The van der Waals surface area contributed by atoms with Crippen LogP contribution in [-0.4, -0.2) is 19.2 Å². The van der Waals surface area contributed by atoms with E-state index in [1.54, 1.807) is 14.2 Å². The van der Waals surface area contributed by atoms with Crippen molar-refractivity contribution in [3.63, 3.8) is 0 Å². The fourth-order valence-corrected chi connectivity index (χ4v) is 4.39. The highest BCUT2D eigenvalue weighted by molar-refractivity contribution is 5.50. The lowest BCUT2D eigenvalue weighted by molar-refractivity contribution is 0.343. The highest BCUT2D eigenvalue weighted by Gasteiger charge is 2.30. The maximum absolute atomic E-state index is 5.60. The molecule has 1 aromatic heterocycles. The van der Waals surface area contributed by atoms with Gasteiger partial charge in [0.15, 0.2) is 11.5 Å². The summed E-state index contributed by atoms with van der Waals surface area (Å²) >= 11 is 0. The normalized spacial score (nSPS) is 19.1. The molecular weight excluding hydrogens is 372 g/mol. The number of hydrogen-bond donors (Lipinski definition) is 1. The minimum absolute atomic E-state index is 0.171. The Morgan fingerprint density at radius 3 is 2.43 bits per heavy atom. The van der Waals surface area contributed by atoms with E-state index in [9.17, 15) is 0 Å². The second-order valence-electron chi connectivity index (χ2n) is 8.19. The van der Waals surface area contributed by atoms with E-state index < -0.39 is 0 Å². The molecule has 30 heavy (non-hydrogen) atoms. The predicted molar refractivity (Wildman–Crippen MR) is 120 cm³/mol. The lowest BCUT2D eigenvalue weighted by atomic mass is 9.83. The van der Waals surface area contributed by atoms with Gasteiger partial charge >= 0.3 is 0 Å². The highest BCUT2D eigenvalue weighted by Crippen LogP contribution is 2.41. The van der Waals surface area contributed by atoms with E-state index in [0.29, 0.717) is 5.92 Å². The van der Waals surface area contributed by atoms with Crippen molar-refractivity contribution in [1.82, 2.24) is 10.3 Å². The first-order valence-electron chi connectivity index (χ1n) is 10.6. The first-order valence-corrected chi connectivity index (χ1v) is 10.6. The van der Waals surface area contributed by atoms with Gasteiger partial charge in [-0.05, 0) is 66.1 Å². The molecule has 3 atom stereocenters. The molecule has 2 heterocycles. The minimum atomic E-state index is 0.171. The van der Waals surface area contributed by atoms with Crippen LogP contribution in [0.4, 0.5) is 0 Å². The Balaban J connectivity index is 1.70. The number of methoxy groups -OCH3 is 2. The van der Waals surface area contributed by atoms with Gasteiger partial charge in [0.25, 0.3) is 0 Å². The molecule has 1 aliphatic rings. The second kappa shape index (κ2) is 8.88. The first kappa shape index (κ1) is 20.4. The van der Waals surface area contributed by atoms with Gasteiger partial charge in [0, 0.05) is 12.2 Å². The number of rotatable bonds is 6. The van der Waals surface area contributed by atoms with Crippen LogP contribution in [0, 0.1) is 6.92 Å². The van der Waals surface area contributed by atoms with Gasteiger partial charge in [-0.2, -0.15) is 0 Å². The molecule has 4 heteroatoms. The summed E-state index contributed by atoms with van der Waals surface area (Å²) in [5.74, 6) is 1.99. The minimum Gasteiger partial charge on any atom is -0.493 e. The third-order valence-electron chi connectivity index (χ3n) is 6.10. The molecule has 0 radical (unpaired) electrons. The Morgan fingerprint density at radius 1 is 1.03 bits per heavy atom. The van der Waals surface area contributed by atoms with Crippen molar-refractivity contribution in [1.29, 1.82) is 0 Å².